The first-order valence-electron chi connectivity index (χ1n) is 10.6. The van der Waals surface area contributed by atoms with Crippen molar-refractivity contribution in [3.63, 3.8) is 0 Å². The lowest BCUT2D eigenvalue weighted by molar-refractivity contribution is -0.119. The first-order valence-corrected chi connectivity index (χ1v) is 10.9. The van der Waals surface area contributed by atoms with Gasteiger partial charge >= 0.3 is 0 Å². The minimum atomic E-state index is -0.374. The molecule has 0 aliphatic heterocycles. The van der Waals surface area contributed by atoms with Crippen LogP contribution in [-0.2, 0) is 11.2 Å². The molecule has 1 amide bonds. The lowest BCUT2D eigenvalue weighted by atomic mass is 9.96. The van der Waals surface area contributed by atoms with Gasteiger partial charge < -0.3 is 15.6 Å². The molecule has 166 valence electrons. The third-order valence-corrected chi connectivity index (χ3v) is 5.52. The predicted molar refractivity (Wildman–Crippen MR) is 126 cm³/mol. The molecule has 3 aromatic carbocycles. The molecule has 0 saturated heterocycles. The number of aromatic hydroxyl groups is 1. The highest BCUT2D eigenvalue weighted by atomic mass is 35.5. The molecule has 6 heteroatoms. The van der Waals surface area contributed by atoms with E-state index < -0.39 is 0 Å². The van der Waals surface area contributed by atoms with Gasteiger partial charge in [-0.05, 0) is 72.5 Å². The molecule has 0 bridgehead atoms. The van der Waals surface area contributed by atoms with Crippen LogP contribution in [-0.4, -0.2) is 16.8 Å². The van der Waals surface area contributed by atoms with Crippen LogP contribution >= 0.6 is 11.6 Å². The number of primary amides is 1. The second kappa shape index (κ2) is 10.3. The van der Waals surface area contributed by atoms with E-state index in [1.165, 1.54) is 12.1 Å². The Morgan fingerprint density at radius 2 is 1.84 bits per heavy atom. The molecule has 0 aliphatic carbocycles. The van der Waals surface area contributed by atoms with Gasteiger partial charge in [0.1, 0.15) is 17.2 Å². The van der Waals surface area contributed by atoms with Crippen molar-refractivity contribution in [1.29, 1.82) is 0 Å². The van der Waals surface area contributed by atoms with Gasteiger partial charge in [-0.15, -0.1) is 0 Å². The van der Waals surface area contributed by atoms with Crippen molar-refractivity contribution in [2.24, 2.45) is 5.73 Å². The van der Waals surface area contributed by atoms with Crippen molar-refractivity contribution in [3.8, 4) is 17.2 Å². The standard InChI is InChI=1S/C26H26ClNO4/c1-3-6-17-13-18(25(30)22-11-10-19(27)15-23(22)29)9-12-24(17)32-20-8-5-7-16(14-20)21(4-2)26(28)31/h5,7-15,21,29H,3-4,6H2,1-2H3,(H2,28,31). The lowest BCUT2D eigenvalue weighted by Crippen LogP contribution is -2.20. The van der Waals surface area contributed by atoms with E-state index in [4.69, 9.17) is 22.1 Å². The monoisotopic (exact) mass is 451 g/mol. The molecule has 0 fully saturated rings. The van der Waals surface area contributed by atoms with Crippen LogP contribution in [0.5, 0.6) is 17.2 Å². The van der Waals surface area contributed by atoms with Crippen LogP contribution in [0.15, 0.2) is 60.7 Å². The van der Waals surface area contributed by atoms with Crippen molar-refractivity contribution in [2.75, 3.05) is 0 Å². The molecular formula is C26H26ClNO4. The summed E-state index contributed by atoms with van der Waals surface area (Å²) in [5.74, 6) is 0.0289. The molecule has 5 nitrogen and oxygen atoms in total. The minimum Gasteiger partial charge on any atom is -0.507 e. The van der Waals surface area contributed by atoms with E-state index in [-0.39, 0.29) is 28.9 Å². The predicted octanol–water partition coefficient (Wildman–Crippen LogP) is 6.00. The number of hydrogen-bond donors (Lipinski definition) is 2. The van der Waals surface area contributed by atoms with Crippen LogP contribution in [0.1, 0.15) is 59.7 Å². The van der Waals surface area contributed by atoms with Crippen molar-refractivity contribution in [2.45, 2.75) is 39.0 Å². The number of nitrogens with two attached hydrogens (primary N) is 1. The Labute approximate surface area is 192 Å². The van der Waals surface area contributed by atoms with E-state index in [0.29, 0.717) is 34.9 Å². The number of ketones is 1. The van der Waals surface area contributed by atoms with Gasteiger partial charge in [-0.25, -0.2) is 0 Å². The summed E-state index contributed by atoms with van der Waals surface area (Å²) in [6, 6.07) is 17.0. The summed E-state index contributed by atoms with van der Waals surface area (Å²) in [7, 11) is 0. The van der Waals surface area contributed by atoms with Crippen molar-refractivity contribution in [1.82, 2.24) is 0 Å². The summed E-state index contributed by atoms with van der Waals surface area (Å²) >= 11 is 5.88. The third-order valence-electron chi connectivity index (χ3n) is 5.29. The maximum Gasteiger partial charge on any atom is 0.224 e. The second-order valence-corrected chi connectivity index (χ2v) is 8.04. The molecular weight excluding hydrogens is 426 g/mol. The number of aryl methyl sites for hydroxylation is 1. The molecule has 0 heterocycles. The zero-order chi connectivity index (χ0) is 23.3. The lowest BCUT2D eigenvalue weighted by Gasteiger charge is -2.15. The summed E-state index contributed by atoms with van der Waals surface area (Å²) in [6.45, 7) is 3.96. The van der Waals surface area contributed by atoms with E-state index in [1.54, 1.807) is 24.3 Å². The van der Waals surface area contributed by atoms with Gasteiger partial charge in [0.05, 0.1) is 11.5 Å². The number of rotatable bonds is 9. The smallest absolute Gasteiger partial charge is 0.224 e. The van der Waals surface area contributed by atoms with Crippen LogP contribution in [0, 0.1) is 0 Å². The van der Waals surface area contributed by atoms with E-state index in [0.717, 1.165) is 17.5 Å². The minimum absolute atomic E-state index is 0.156. The van der Waals surface area contributed by atoms with Crippen molar-refractivity contribution in [3.05, 3.63) is 87.9 Å². The maximum atomic E-state index is 12.9. The molecule has 1 atom stereocenters. The number of hydrogen-bond acceptors (Lipinski definition) is 4. The van der Waals surface area contributed by atoms with Crippen LogP contribution in [0.3, 0.4) is 0 Å². The normalized spacial score (nSPS) is 11.7. The summed E-state index contributed by atoms with van der Waals surface area (Å²) in [6.07, 6.45) is 2.18. The Bertz CT molecular complexity index is 1140. The zero-order valence-corrected chi connectivity index (χ0v) is 18.9. The zero-order valence-electron chi connectivity index (χ0n) is 18.1. The third kappa shape index (κ3) is 5.29. The molecule has 3 N–H and O–H groups in total. The fourth-order valence-corrected chi connectivity index (χ4v) is 3.83. The highest BCUT2D eigenvalue weighted by Crippen LogP contribution is 2.32. The number of phenols is 1. The second-order valence-electron chi connectivity index (χ2n) is 7.60. The van der Waals surface area contributed by atoms with E-state index in [2.05, 4.69) is 0 Å². The number of halogens is 1. The average molecular weight is 452 g/mol. The summed E-state index contributed by atoms with van der Waals surface area (Å²) in [5, 5.41) is 10.5. The van der Waals surface area contributed by atoms with Crippen LogP contribution < -0.4 is 10.5 Å². The van der Waals surface area contributed by atoms with Crippen molar-refractivity contribution < 1.29 is 19.4 Å². The highest BCUT2D eigenvalue weighted by molar-refractivity contribution is 6.31. The number of ether oxygens (including phenoxy) is 1. The summed E-state index contributed by atoms with van der Waals surface area (Å²) in [5.41, 5.74) is 7.84. The summed E-state index contributed by atoms with van der Waals surface area (Å²) < 4.78 is 6.13. The van der Waals surface area contributed by atoms with E-state index >= 15 is 0 Å². The quantitative estimate of drug-likeness (QED) is 0.390. The largest absolute Gasteiger partial charge is 0.507 e. The average Bonchev–Trinajstić information content (AvgIpc) is 2.75. The van der Waals surface area contributed by atoms with Crippen LogP contribution in [0.25, 0.3) is 0 Å². The molecule has 1 unspecified atom stereocenters. The Hall–Kier alpha value is -3.31. The van der Waals surface area contributed by atoms with Gasteiger partial charge in [0, 0.05) is 10.6 Å². The highest BCUT2D eigenvalue weighted by Gasteiger charge is 2.18. The number of amides is 1. The van der Waals surface area contributed by atoms with Crippen molar-refractivity contribution >= 4 is 23.3 Å². The molecule has 0 aromatic heterocycles. The number of benzene rings is 3. The molecule has 0 saturated carbocycles. The van der Waals surface area contributed by atoms with Gasteiger partial charge in [0.15, 0.2) is 5.78 Å². The fraction of sp³-hybridized carbons (Fsp3) is 0.231. The molecule has 3 rings (SSSR count). The Morgan fingerprint density at radius 3 is 2.50 bits per heavy atom. The maximum absolute atomic E-state index is 12.9. The molecule has 0 aliphatic rings. The van der Waals surface area contributed by atoms with Gasteiger partial charge in [0.25, 0.3) is 0 Å². The first kappa shape index (κ1) is 23.4. The van der Waals surface area contributed by atoms with E-state index in [9.17, 15) is 14.7 Å². The van der Waals surface area contributed by atoms with Gasteiger partial charge in [0.2, 0.25) is 5.91 Å². The van der Waals surface area contributed by atoms with E-state index in [1.807, 2.05) is 38.1 Å². The SMILES string of the molecule is CCCc1cc(C(=O)c2ccc(Cl)cc2O)ccc1Oc1cccc(C(CC)C(N)=O)c1. The Kier molecular flexibility index (Phi) is 7.54. The Balaban J connectivity index is 1.92. The van der Waals surface area contributed by atoms with Crippen LogP contribution in [0.4, 0.5) is 0 Å². The molecule has 0 spiro atoms. The molecule has 0 radical (unpaired) electrons. The molecule has 32 heavy (non-hydrogen) atoms. The topological polar surface area (TPSA) is 89.6 Å². The van der Waals surface area contributed by atoms with Gasteiger partial charge in [-0.2, -0.15) is 0 Å². The molecule has 3 aromatic rings. The number of carbonyl (C=O) groups excluding carboxylic acids is 2. The number of carbonyl (C=O) groups is 2. The Morgan fingerprint density at radius 1 is 1.06 bits per heavy atom. The van der Waals surface area contributed by atoms with Crippen LogP contribution in [0.2, 0.25) is 5.02 Å². The van der Waals surface area contributed by atoms with Gasteiger partial charge in [-0.1, -0.05) is 44.0 Å². The van der Waals surface area contributed by atoms with Gasteiger partial charge in [-0.3, -0.25) is 9.59 Å². The summed E-state index contributed by atoms with van der Waals surface area (Å²) in [4.78, 5) is 24.7. The fourth-order valence-electron chi connectivity index (χ4n) is 3.66. The first-order chi connectivity index (χ1) is 15.3. The number of phenolic OH excluding ortho intramolecular Hbond substituents is 1.